The average molecular weight is 242 g/mol. The molecule has 0 saturated carbocycles. The third-order valence-corrected chi connectivity index (χ3v) is 2.32. The summed E-state index contributed by atoms with van der Waals surface area (Å²) in [6.45, 7) is 4.99. The Bertz CT molecular complexity index is 130. The number of nitrogens with zero attached hydrogens (tertiary/aromatic N) is 1. The predicted molar refractivity (Wildman–Crippen MR) is 55.8 cm³/mol. The maximum absolute atomic E-state index is 8.88. The van der Waals surface area contributed by atoms with Crippen LogP contribution in [0.2, 0.25) is 0 Å². The van der Waals surface area contributed by atoms with E-state index in [0.29, 0.717) is 24.3 Å². The molecule has 0 aliphatic rings. The van der Waals surface area contributed by atoms with Gasteiger partial charge in [0.2, 0.25) is 0 Å². The standard InChI is InChI=1S/C10H24NO3.ClH/c1-3-4-9-14-10-11(2,5-7-12)6-8-13;/h12-13H,3-10H2,1-2H3;1H/q+1;/p-1. The summed E-state index contributed by atoms with van der Waals surface area (Å²) in [5.74, 6) is 0. The fraction of sp³-hybridized carbons (Fsp3) is 1.00. The zero-order valence-electron chi connectivity index (χ0n) is 9.78. The molecule has 0 radical (unpaired) electrons. The Morgan fingerprint density at radius 3 is 2.07 bits per heavy atom. The number of likely N-dealkylation sites (N-methyl/N-ethyl adjacent to an activating group) is 1. The Labute approximate surface area is 98.8 Å². The van der Waals surface area contributed by atoms with Crippen LogP contribution in [-0.4, -0.2) is 61.4 Å². The van der Waals surface area contributed by atoms with E-state index in [2.05, 4.69) is 6.92 Å². The number of hydrogen-bond acceptors (Lipinski definition) is 3. The molecule has 0 aromatic carbocycles. The van der Waals surface area contributed by atoms with Crippen molar-refractivity contribution in [2.75, 3.05) is 46.7 Å². The maximum atomic E-state index is 8.88. The van der Waals surface area contributed by atoms with Crippen LogP contribution in [0.3, 0.4) is 0 Å². The molecule has 0 aromatic heterocycles. The SMILES string of the molecule is CCCCOC[N+](C)(CCO)CCO.[Cl-]. The molecule has 15 heavy (non-hydrogen) atoms. The van der Waals surface area contributed by atoms with Crippen molar-refractivity contribution in [2.24, 2.45) is 0 Å². The summed E-state index contributed by atoms with van der Waals surface area (Å²) < 4.78 is 6.07. The summed E-state index contributed by atoms with van der Waals surface area (Å²) in [5, 5.41) is 17.8. The average Bonchev–Trinajstić information content (AvgIpc) is 2.13. The summed E-state index contributed by atoms with van der Waals surface area (Å²) in [7, 11) is 1.98. The number of quaternary nitrogens is 1. The van der Waals surface area contributed by atoms with Crippen LogP contribution in [0.25, 0.3) is 0 Å². The first-order valence-corrected chi connectivity index (χ1v) is 5.31. The van der Waals surface area contributed by atoms with Crippen molar-refractivity contribution in [3.05, 3.63) is 0 Å². The largest absolute Gasteiger partial charge is 1.00 e. The van der Waals surface area contributed by atoms with E-state index >= 15 is 0 Å². The first kappa shape index (κ1) is 17.5. The van der Waals surface area contributed by atoms with Gasteiger partial charge in [0.15, 0.2) is 6.73 Å². The van der Waals surface area contributed by atoms with Crippen molar-refractivity contribution in [2.45, 2.75) is 19.8 Å². The van der Waals surface area contributed by atoms with Gasteiger partial charge in [0.25, 0.3) is 0 Å². The highest BCUT2D eigenvalue weighted by Crippen LogP contribution is 2.02. The molecule has 0 spiro atoms. The predicted octanol–water partition coefficient (Wildman–Crippen LogP) is -2.80. The molecular weight excluding hydrogens is 218 g/mol. The summed E-state index contributed by atoms with van der Waals surface area (Å²) >= 11 is 0. The molecule has 0 amide bonds. The molecule has 94 valence electrons. The topological polar surface area (TPSA) is 49.7 Å². The molecular formula is C10H24ClNO3. The molecule has 0 unspecified atom stereocenters. The van der Waals surface area contributed by atoms with E-state index in [-0.39, 0.29) is 25.6 Å². The van der Waals surface area contributed by atoms with Crippen molar-refractivity contribution in [3.8, 4) is 0 Å². The highest BCUT2D eigenvalue weighted by atomic mass is 35.5. The zero-order chi connectivity index (χ0) is 10.9. The van der Waals surface area contributed by atoms with E-state index < -0.39 is 0 Å². The number of halogens is 1. The smallest absolute Gasteiger partial charge is 0.183 e. The van der Waals surface area contributed by atoms with Crippen LogP contribution in [0.4, 0.5) is 0 Å². The maximum Gasteiger partial charge on any atom is 0.183 e. The van der Waals surface area contributed by atoms with Gasteiger partial charge in [-0.15, -0.1) is 0 Å². The van der Waals surface area contributed by atoms with Crippen molar-refractivity contribution in [3.63, 3.8) is 0 Å². The van der Waals surface area contributed by atoms with Crippen molar-refractivity contribution < 1.29 is 31.8 Å². The fourth-order valence-corrected chi connectivity index (χ4v) is 1.26. The summed E-state index contributed by atoms with van der Waals surface area (Å²) in [6, 6.07) is 0. The number of aliphatic hydroxyl groups is 2. The minimum atomic E-state index is 0. The van der Waals surface area contributed by atoms with Crippen LogP contribution in [0.1, 0.15) is 19.8 Å². The number of unbranched alkanes of at least 4 members (excludes halogenated alkanes) is 1. The second-order valence-corrected chi connectivity index (χ2v) is 3.90. The van der Waals surface area contributed by atoms with E-state index in [9.17, 15) is 0 Å². The van der Waals surface area contributed by atoms with Gasteiger partial charge >= 0.3 is 0 Å². The molecule has 2 N–H and O–H groups in total. The van der Waals surface area contributed by atoms with Gasteiger partial charge in [-0.2, -0.15) is 0 Å². The Morgan fingerprint density at radius 1 is 1.13 bits per heavy atom. The highest BCUT2D eigenvalue weighted by Gasteiger charge is 2.19. The Hall–Kier alpha value is 0.130. The van der Waals surface area contributed by atoms with Crippen LogP contribution in [-0.2, 0) is 4.74 Å². The Kier molecular flexibility index (Phi) is 12.4. The fourth-order valence-electron chi connectivity index (χ4n) is 1.26. The van der Waals surface area contributed by atoms with E-state index in [4.69, 9.17) is 14.9 Å². The molecule has 0 bridgehead atoms. The van der Waals surface area contributed by atoms with Crippen LogP contribution in [0.5, 0.6) is 0 Å². The lowest BCUT2D eigenvalue weighted by molar-refractivity contribution is -0.928. The number of hydrogen-bond donors (Lipinski definition) is 2. The molecule has 4 nitrogen and oxygen atoms in total. The van der Waals surface area contributed by atoms with E-state index in [1.54, 1.807) is 0 Å². The molecule has 0 saturated heterocycles. The second-order valence-electron chi connectivity index (χ2n) is 3.90. The lowest BCUT2D eigenvalue weighted by atomic mass is 10.4. The Morgan fingerprint density at radius 2 is 1.67 bits per heavy atom. The molecule has 0 aliphatic carbocycles. The van der Waals surface area contributed by atoms with Gasteiger partial charge in [-0.1, -0.05) is 13.3 Å². The number of aliphatic hydroxyl groups excluding tert-OH is 2. The monoisotopic (exact) mass is 241 g/mol. The lowest BCUT2D eigenvalue weighted by Gasteiger charge is -2.32. The van der Waals surface area contributed by atoms with Gasteiger partial charge in [0.1, 0.15) is 13.1 Å². The van der Waals surface area contributed by atoms with E-state index in [1.165, 1.54) is 0 Å². The van der Waals surface area contributed by atoms with E-state index in [1.807, 2.05) is 7.05 Å². The van der Waals surface area contributed by atoms with Gasteiger partial charge in [-0.3, -0.25) is 4.48 Å². The van der Waals surface area contributed by atoms with Crippen LogP contribution in [0, 0.1) is 0 Å². The minimum Gasteiger partial charge on any atom is -1.00 e. The number of ether oxygens (including phenoxy) is 1. The Balaban J connectivity index is 0. The van der Waals surface area contributed by atoms with Crippen molar-refractivity contribution in [1.29, 1.82) is 0 Å². The van der Waals surface area contributed by atoms with Crippen LogP contribution in [0.15, 0.2) is 0 Å². The second kappa shape index (κ2) is 10.6. The van der Waals surface area contributed by atoms with E-state index in [0.717, 1.165) is 19.4 Å². The van der Waals surface area contributed by atoms with Gasteiger partial charge in [-0.25, -0.2) is 0 Å². The molecule has 0 fully saturated rings. The molecule has 5 heteroatoms. The van der Waals surface area contributed by atoms with Crippen LogP contribution >= 0.6 is 0 Å². The lowest BCUT2D eigenvalue weighted by Crippen LogP contribution is -3.00. The highest BCUT2D eigenvalue weighted by molar-refractivity contribution is 4.35. The summed E-state index contributed by atoms with van der Waals surface area (Å²) in [4.78, 5) is 0. The summed E-state index contributed by atoms with van der Waals surface area (Å²) in [6.07, 6.45) is 2.20. The zero-order valence-corrected chi connectivity index (χ0v) is 10.5. The molecule has 0 aliphatic heterocycles. The number of rotatable bonds is 9. The van der Waals surface area contributed by atoms with Gasteiger partial charge in [0, 0.05) is 0 Å². The first-order chi connectivity index (χ1) is 6.68. The van der Waals surface area contributed by atoms with Crippen LogP contribution < -0.4 is 12.4 Å². The van der Waals surface area contributed by atoms with Gasteiger partial charge in [0.05, 0.1) is 26.9 Å². The molecule has 0 heterocycles. The van der Waals surface area contributed by atoms with Gasteiger partial charge in [-0.05, 0) is 6.42 Å². The van der Waals surface area contributed by atoms with Crippen molar-refractivity contribution in [1.82, 2.24) is 0 Å². The molecule has 0 atom stereocenters. The summed E-state index contributed by atoms with van der Waals surface area (Å²) in [5.41, 5.74) is 0. The third kappa shape index (κ3) is 9.08. The van der Waals surface area contributed by atoms with Crippen molar-refractivity contribution >= 4 is 0 Å². The molecule has 0 aromatic rings. The molecule has 0 rings (SSSR count). The first-order valence-electron chi connectivity index (χ1n) is 5.31. The third-order valence-electron chi connectivity index (χ3n) is 2.32. The quantitative estimate of drug-likeness (QED) is 0.261. The normalized spacial score (nSPS) is 11.2. The van der Waals surface area contributed by atoms with Gasteiger partial charge < -0.3 is 27.4 Å². The minimum absolute atomic E-state index is 0.